The number of H-pyrrole nitrogens is 1. The lowest BCUT2D eigenvalue weighted by Crippen LogP contribution is -2.13. The Morgan fingerprint density at radius 1 is 1.11 bits per heavy atom. The largest absolute Gasteiger partial charge is 0.327 e. The monoisotopic (exact) mass is 282 g/mol. The van der Waals surface area contributed by atoms with E-state index >= 15 is 0 Å². The lowest BCUT2D eigenvalue weighted by molar-refractivity contribution is 0.102. The number of amides is 1. The number of hydrogen-bond donors (Lipinski definition) is 2. The highest BCUT2D eigenvalue weighted by Crippen LogP contribution is 2.22. The normalized spacial score (nSPS) is 10.1. The van der Waals surface area contributed by atoms with E-state index in [1.807, 2.05) is 0 Å². The van der Waals surface area contributed by atoms with E-state index in [2.05, 4.69) is 10.3 Å². The van der Waals surface area contributed by atoms with Crippen molar-refractivity contribution in [1.82, 2.24) is 4.98 Å². The zero-order valence-corrected chi connectivity index (χ0v) is 10.5. The molecule has 1 heterocycles. The van der Waals surface area contributed by atoms with E-state index < -0.39 is 0 Å². The second-order valence-corrected chi connectivity index (χ2v) is 4.34. The molecule has 1 amide bonds. The van der Waals surface area contributed by atoms with Gasteiger partial charge in [0.25, 0.3) is 5.91 Å². The highest BCUT2D eigenvalue weighted by molar-refractivity contribution is 6.42. The van der Waals surface area contributed by atoms with E-state index in [9.17, 15) is 9.59 Å². The molecule has 1 aromatic carbocycles. The minimum absolute atomic E-state index is 0.234. The third-order valence-electron chi connectivity index (χ3n) is 2.22. The molecule has 92 valence electrons. The van der Waals surface area contributed by atoms with E-state index in [0.29, 0.717) is 21.3 Å². The maximum absolute atomic E-state index is 11.9. The minimum Gasteiger partial charge on any atom is -0.327 e. The van der Waals surface area contributed by atoms with Crippen molar-refractivity contribution in [3.63, 3.8) is 0 Å². The van der Waals surface area contributed by atoms with Crippen LogP contribution in [0.4, 0.5) is 5.69 Å². The lowest BCUT2D eigenvalue weighted by atomic mass is 10.2. The van der Waals surface area contributed by atoms with E-state index in [-0.39, 0.29) is 11.5 Å². The maximum Gasteiger partial charge on any atom is 0.255 e. The molecular weight excluding hydrogens is 275 g/mol. The van der Waals surface area contributed by atoms with E-state index in [1.54, 1.807) is 12.1 Å². The average Bonchev–Trinajstić information content (AvgIpc) is 2.35. The van der Waals surface area contributed by atoms with Gasteiger partial charge in [0, 0.05) is 17.8 Å². The predicted molar refractivity (Wildman–Crippen MR) is 71.5 cm³/mol. The molecule has 0 unspecified atom stereocenters. The first-order valence-corrected chi connectivity index (χ1v) is 5.77. The van der Waals surface area contributed by atoms with Crippen molar-refractivity contribution < 1.29 is 4.79 Å². The number of carbonyl (C=O) groups excluding carboxylic acids is 1. The summed E-state index contributed by atoms with van der Waals surface area (Å²) < 4.78 is 0. The molecule has 0 aliphatic rings. The molecule has 0 spiro atoms. The van der Waals surface area contributed by atoms with Gasteiger partial charge in [-0.05, 0) is 24.3 Å². The highest BCUT2D eigenvalue weighted by atomic mass is 35.5. The number of aromatic nitrogens is 1. The smallest absolute Gasteiger partial charge is 0.255 e. The minimum atomic E-state index is -0.333. The SMILES string of the molecule is O=C(Nc1ccc(=O)[nH]c1)c1ccc(Cl)c(Cl)c1. The number of hydrogen-bond acceptors (Lipinski definition) is 2. The van der Waals surface area contributed by atoms with Gasteiger partial charge in [-0.3, -0.25) is 9.59 Å². The van der Waals surface area contributed by atoms with Gasteiger partial charge in [0.15, 0.2) is 0 Å². The Balaban J connectivity index is 2.19. The van der Waals surface area contributed by atoms with Gasteiger partial charge in [0.1, 0.15) is 0 Å². The van der Waals surface area contributed by atoms with E-state index in [1.165, 1.54) is 24.4 Å². The summed E-state index contributed by atoms with van der Waals surface area (Å²) in [5, 5.41) is 3.32. The van der Waals surface area contributed by atoms with Gasteiger partial charge in [0.05, 0.1) is 15.7 Å². The van der Waals surface area contributed by atoms with Gasteiger partial charge >= 0.3 is 0 Å². The number of carbonyl (C=O) groups is 1. The third-order valence-corrected chi connectivity index (χ3v) is 2.96. The topological polar surface area (TPSA) is 62.0 Å². The second-order valence-electron chi connectivity index (χ2n) is 3.52. The van der Waals surface area contributed by atoms with Gasteiger partial charge in [-0.15, -0.1) is 0 Å². The van der Waals surface area contributed by atoms with Gasteiger partial charge in [0.2, 0.25) is 5.56 Å². The molecule has 2 N–H and O–H groups in total. The van der Waals surface area contributed by atoms with Crippen molar-refractivity contribution in [1.29, 1.82) is 0 Å². The number of pyridine rings is 1. The number of aromatic amines is 1. The number of benzene rings is 1. The van der Waals surface area contributed by atoms with Crippen LogP contribution in [-0.4, -0.2) is 10.9 Å². The summed E-state index contributed by atoms with van der Waals surface area (Å²) in [6.07, 6.45) is 1.41. The first-order chi connectivity index (χ1) is 8.56. The molecule has 0 radical (unpaired) electrons. The fourth-order valence-corrected chi connectivity index (χ4v) is 1.63. The molecule has 2 rings (SSSR count). The highest BCUT2D eigenvalue weighted by Gasteiger charge is 2.08. The van der Waals surface area contributed by atoms with Crippen molar-refractivity contribution in [3.8, 4) is 0 Å². The third kappa shape index (κ3) is 2.91. The van der Waals surface area contributed by atoms with Crippen LogP contribution in [0.25, 0.3) is 0 Å². The quantitative estimate of drug-likeness (QED) is 0.890. The first kappa shape index (κ1) is 12.7. The Bertz CT molecular complexity index is 632. The Morgan fingerprint density at radius 2 is 1.89 bits per heavy atom. The van der Waals surface area contributed by atoms with Crippen molar-refractivity contribution in [2.75, 3.05) is 5.32 Å². The van der Waals surface area contributed by atoms with Crippen molar-refractivity contribution in [2.24, 2.45) is 0 Å². The van der Waals surface area contributed by atoms with Crippen molar-refractivity contribution >= 4 is 34.8 Å². The molecule has 0 fully saturated rings. The van der Waals surface area contributed by atoms with Crippen LogP contribution in [-0.2, 0) is 0 Å². The first-order valence-electron chi connectivity index (χ1n) is 5.01. The summed E-state index contributed by atoms with van der Waals surface area (Å²) >= 11 is 11.6. The second kappa shape index (κ2) is 5.25. The van der Waals surface area contributed by atoms with E-state index in [0.717, 1.165) is 0 Å². The number of halogens is 2. The summed E-state index contributed by atoms with van der Waals surface area (Å²) in [7, 11) is 0. The number of rotatable bonds is 2. The van der Waals surface area contributed by atoms with Crippen LogP contribution in [0.3, 0.4) is 0 Å². The van der Waals surface area contributed by atoms with Crippen LogP contribution in [0, 0.1) is 0 Å². The standard InChI is InChI=1S/C12H8Cl2N2O2/c13-9-3-1-7(5-10(9)14)12(18)16-8-2-4-11(17)15-6-8/h1-6H,(H,15,17)(H,16,18). The van der Waals surface area contributed by atoms with Crippen LogP contribution in [0.1, 0.15) is 10.4 Å². The summed E-state index contributed by atoms with van der Waals surface area (Å²) in [6.45, 7) is 0. The molecule has 1 aromatic heterocycles. The van der Waals surface area contributed by atoms with Gasteiger partial charge < -0.3 is 10.3 Å². The van der Waals surface area contributed by atoms with E-state index in [4.69, 9.17) is 23.2 Å². The number of nitrogens with one attached hydrogen (secondary N) is 2. The Labute approximate surface area is 113 Å². The average molecular weight is 283 g/mol. The summed E-state index contributed by atoms with van der Waals surface area (Å²) in [5.74, 6) is -0.333. The molecule has 0 bridgehead atoms. The van der Waals surface area contributed by atoms with Crippen LogP contribution >= 0.6 is 23.2 Å². The van der Waals surface area contributed by atoms with Crippen LogP contribution in [0.15, 0.2) is 41.3 Å². The number of anilines is 1. The maximum atomic E-state index is 11.9. The fourth-order valence-electron chi connectivity index (χ4n) is 1.33. The Hall–Kier alpha value is -1.78. The molecular formula is C12H8Cl2N2O2. The zero-order chi connectivity index (χ0) is 13.1. The molecule has 0 saturated heterocycles. The van der Waals surface area contributed by atoms with Gasteiger partial charge in [-0.1, -0.05) is 23.2 Å². The van der Waals surface area contributed by atoms with Gasteiger partial charge in [-0.2, -0.15) is 0 Å². The fraction of sp³-hybridized carbons (Fsp3) is 0. The summed E-state index contributed by atoms with van der Waals surface area (Å²) in [4.78, 5) is 25.2. The summed E-state index contributed by atoms with van der Waals surface area (Å²) in [6, 6.07) is 7.42. The molecule has 0 atom stereocenters. The molecule has 4 nitrogen and oxygen atoms in total. The zero-order valence-electron chi connectivity index (χ0n) is 9.04. The van der Waals surface area contributed by atoms with Crippen molar-refractivity contribution in [2.45, 2.75) is 0 Å². The molecule has 6 heteroatoms. The lowest BCUT2D eigenvalue weighted by Gasteiger charge is -2.05. The summed E-state index contributed by atoms with van der Waals surface area (Å²) in [5.41, 5.74) is 0.642. The van der Waals surface area contributed by atoms with Crippen LogP contribution < -0.4 is 10.9 Å². The van der Waals surface area contributed by atoms with Crippen LogP contribution in [0.2, 0.25) is 10.0 Å². The Kier molecular flexibility index (Phi) is 3.69. The van der Waals surface area contributed by atoms with Crippen LogP contribution in [0.5, 0.6) is 0 Å². The molecule has 0 aliphatic carbocycles. The molecule has 0 aliphatic heterocycles. The van der Waals surface area contributed by atoms with Crippen molar-refractivity contribution in [3.05, 3.63) is 62.5 Å². The molecule has 2 aromatic rings. The van der Waals surface area contributed by atoms with Gasteiger partial charge in [-0.25, -0.2) is 0 Å². The Morgan fingerprint density at radius 3 is 2.50 bits per heavy atom. The molecule has 18 heavy (non-hydrogen) atoms. The predicted octanol–water partition coefficient (Wildman–Crippen LogP) is 2.93. The molecule has 0 saturated carbocycles.